The minimum absolute atomic E-state index is 0.935. The van der Waals surface area contributed by atoms with Crippen LogP contribution in [0, 0.1) is 0 Å². The zero-order valence-corrected chi connectivity index (χ0v) is 7.24. The Labute approximate surface area is 66.2 Å². The van der Waals surface area contributed by atoms with Gasteiger partial charge in [0.25, 0.3) is 0 Å². The van der Waals surface area contributed by atoms with Crippen LogP contribution in [-0.2, 0) is 0 Å². The van der Waals surface area contributed by atoms with E-state index in [1.54, 1.807) is 18.0 Å². The van der Waals surface area contributed by atoms with Gasteiger partial charge in [0.05, 0.1) is 6.20 Å². The molecule has 0 aliphatic rings. The first-order valence-corrected chi connectivity index (χ1v) is 4.37. The van der Waals surface area contributed by atoms with Gasteiger partial charge in [0, 0.05) is 4.47 Å². The first-order chi connectivity index (χ1) is 4.33. The fourth-order valence-corrected chi connectivity index (χ4v) is 1.26. The summed E-state index contributed by atoms with van der Waals surface area (Å²) in [7, 11) is 0. The highest BCUT2D eigenvalue weighted by Crippen LogP contribution is 2.14. The zero-order chi connectivity index (χ0) is 6.69. The molecule has 0 saturated heterocycles. The van der Waals surface area contributed by atoms with Crippen LogP contribution in [0.5, 0.6) is 0 Å². The second kappa shape index (κ2) is 3.17. The lowest BCUT2D eigenvalue weighted by Gasteiger charge is -1.91. The Morgan fingerprint density at radius 3 is 2.89 bits per heavy atom. The highest BCUT2D eigenvalue weighted by molar-refractivity contribution is 9.10. The minimum atomic E-state index is 0.935. The van der Waals surface area contributed by atoms with Gasteiger partial charge in [-0.25, -0.2) is 0 Å². The molecule has 0 aliphatic heterocycles. The molecule has 0 unspecified atom stereocenters. The van der Waals surface area contributed by atoms with Gasteiger partial charge < -0.3 is 0 Å². The van der Waals surface area contributed by atoms with Crippen molar-refractivity contribution in [1.29, 1.82) is 0 Å². The van der Waals surface area contributed by atoms with E-state index < -0.39 is 0 Å². The standard InChI is InChI=1S/C5H5BrN2S/c1-9-5-2-4(6)3-7-8-5/h2-3H,1H3. The van der Waals surface area contributed by atoms with E-state index in [9.17, 15) is 0 Å². The van der Waals surface area contributed by atoms with Gasteiger partial charge in [-0.1, -0.05) is 0 Å². The summed E-state index contributed by atoms with van der Waals surface area (Å²) in [6, 6.07) is 1.93. The van der Waals surface area contributed by atoms with Gasteiger partial charge in [-0.05, 0) is 28.3 Å². The van der Waals surface area contributed by atoms with E-state index in [1.165, 1.54) is 0 Å². The average Bonchev–Trinajstić information content (AvgIpc) is 1.88. The maximum absolute atomic E-state index is 3.84. The molecule has 2 nitrogen and oxygen atoms in total. The van der Waals surface area contributed by atoms with E-state index in [-0.39, 0.29) is 0 Å². The van der Waals surface area contributed by atoms with Crippen molar-refractivity contribution in [2.45, 2.75) is 5.03 Å². The molecule has 0 radical (unpaired) electrons. The molecule has 0 saturated carbocycles. The Balaban J connectivity index is 2.94. The number of hydrogen-bond donors (Lipinski definition) is 0. The van der Waals surface area contributed by atoms with Crippen molar-refractivity contribution in [2.24, 2.45) is 0 Å². The molecule has 0 aliphatic carbocycles. The molecule has 48 valence electrons. The molecule has 0 aromatic carbocycles. The van der Waals surface area contributed by atoms with Crippen molar-refractivity contribution < 1.29 is 0 Å². The highest BCUT2D eigenvalue weighted by atomic mass is 79.9. The molecule has 0 bridgehead atoms. The summed E-state index contributed by atoms with van der Waals surface area (Å²) in [5.74, 6) is 0. The van der Waals surface area contributed by atoms with E-state index in [0.717, 1.165) is 9.50 Å². The Bertz CT molecular complexity index is 204. The summed E-state index contributed by atoms with van der Waals surface area (Å²) in [4.78, 5) is 0. The van der Waals surface area contributed by atoms with Crippen LogP contribution in [0.4, 0.5) is 0 Å². The lowest BCUT2D eigenvalue weighted by Crippen LogP contribution is -1.81. The van der Waals surface area contributed by atoms with Gasteiger partial charge in [-0.2, -0.15) is 5.10 Å². The first-order valence-electron chi connectivity index (χ1n) is 2.35. The lowest BCUT2D eigenvalue weighted by molar-refractivity contribution is 0.924. The molecule has 0 fully saturated rings. The topological polar surface area (TPSA) is 25.8 Å². The van der Waals surface area contributed by atoms with Crippen molar-refractivity contribution in [2.75, 3.05) is 6.26 Å². The van der Waals surface area contributed by atoms with Gasteiger partial charge in [-0.3, -0.25) is 0 Å². The lowest BCUT2D eigenvalue weighted by atomic mass is 10.6. The van der Waals surface area contributed by atoms with Crippen LogP contribution in [0.25, 0.3) is 0 Å². The third-order valence-corrected chi connectivity index (χ3v) is 1.86. The Morgan fingerprint density at radius 1 is 1.67 bits per heavy atom. The fraction of sp³-hybridized carbons (Fsp3) is 0.200. The first kappa shape index (κ1) is 7.02. The molecular formula is C5H5BrN2S. The monoisotopic (exact) mass is 204 g/mol. The van der Waals surface area contributed by atoms with Crippen molar-refractivity contribution in [1.82, 2.24) is 10.2 Å². The number of halogens is 1. The van der Waals surface area contributed by atoms with Crippen molar-refractivity contribution in [3.05, 3.63) is 16.7 Å². The molecule has 9 heavy (non-hydrogen) atoms. The number of hydrogen-bond acceptors (Lipinski definition) is 3. The Morgan fingerprint density at radius 2 is 2.44 bits per heavy atom. The van der Waals surface area contributed by atoms with Crippen LogP contribution in [0.3, 0.4) is 0 Å². The van der Waals surface area contributed by atoms with Crippen LogP contribution < -0.4 is 0 Å². The number of thioether (sulfide) groups is 1. The molecule has 1 aromatic heterocycles. The maximum atomic E-state index is 3.84. The second-order valence-corrected chi connectivity index (χ2v) is 3.16. The second-order valence-electron chi connectivity index (χ2n) is 1.42. The predicted octanol–water partition coefficient (Wildman–Crippen LogP) is 1.96. The summed E-state index contributed by atoms with van der Waals surface area (Å²) in [6.45, 7) is 0. The third-order valence-electron chi connectivity index (χ3n) is 0.808. The Hall–Kier alpha value is -0.0900. The van der Waals surface area contributed by atoms with E-state index in [4.69, 9.17) is 0 Å². The molecule has 1 heterocycles. The van der Waals surface area contributed by atoms with E-state index in [0.29, 0.717) is 0 Å². The molecule has 4 heteroatoms. The molecule has 0 N–H and O–H groups in total. The van der Waals surface area contributed by atoms with Gasteiger partial charge in [0.15, 0.2) is 0 Å². The van der Waals surface area contributed by atoms with Gasteiger partial charge in [-0.15, -0.1) is 16.9 Å². The number of aromatic nitrogens is 2. The summed E-state index contributed by atoms with van der Waals surface area (Å²) in [5.41, 5.74) is 0. The zero-order valence-electron chi connectivity index (χ0n) is 4.84. The van der Waals surface area contributed by atoms with Crippen molar-refractivity contribution in [3.8, 4) is 0 Å². The summed E-state index contributed by atoms with van der Waals surface area (Å²) < 4.78 is 0.974. The highest BCUT2D eigenvalue weighted by Gasteiger charge is 1.90. The number of nitrogens with zero attached hydrogens (tertiary/aromatic N) is 2. The number of rotatable bonds is 1. The summed E-state index contributed by atoms with van der Waals surface area (Å²) in [5, 5.41) is 8.51. The van der Waals surface area contributed by atoms with Gasteiger partial charge in [0.2, 0.25) is 0 Å². The van der Waals surface area contributed by atoms with Gasteiger partial charge >= 0.3 is 0 Å². The normalized spacial score (nSPS) is 9.56. The molecule has 0 atom stereocenters. The molecule has 0 amide bonds. The van der Waals surface area contributed by atoms with Crippen LogP contribution in [0.1, 0.15) is 0 Å². The smallest absolute Gasteiger partial charge is 0.120 e. The quantitative estimate of drug-likeness (QED) is 0.655. The molecule has 0 spiro atoms. The van der Waals surface area contributed by atoms with Crippen LogP contribution in [0.15, 0.2) is 21.8 Å². The van der Waals surface area contributed by atoms with Gasteiger partial charge in [0.1, 0.15) is 5.03 Å². The molecular weight excluding hydrogens is 200 g/mol. The Kier molecular flexibility index (Phi) is 2.48. The largest absolute Gasteiger partial charge is 0.157 e. The summed E-state index contributed by atoms with van der Waals surface area (Å²) >= 11 is 4.87. The van der Waals surface area contributed by atoms with E-state index in [2.05, 4.69) is 26.1 Å². The van der Waals surface area contributed by atoms with Crippen LogP contribution in [-0.4, -0.2) is 16.5 Å². The minimum Gasteiger partial charge on any atom is -0.157 e. The SMILES string of the molecule is CSc1cc(Br)cnn1. The van der Waals surface area contributed by atoms with E-state index in [1.807, 2.05) is 12.3 Å². The van der Waals surface area contributed by atoms with Crippen LogP contribution >= 0.6 is 27.7 Å². The molecule has 1 rings (SSSR count). The molecule has 1 aromatic rings. The van der Waals surface area contributed by atoms with Crippen molar-refractivity contribution in [3.63, 3.8) is 0 Å². The predicted molar refractivity (Wildman–Crippen MR) is 41.5 cm³/mol. The fourth-order valence-electron chi connectivity index (χ4n) is 0.425. The summed E-state index contributed by atoms with van der Waals surface area (Å²) in [6.07, 6.45) is 3.64. The van der Waals surface area contributed by atoms with Crippen molar-refractivity contribution >= 4 is 27.7 Å². The maximum Gasteiger partial charge on any atom is 0.120 e. The third kappa shape index (κ3) is 1.95. The van der Waals surface area contributed by atoms with E-state index >= 15 is 0 Å². The average molecular weight is 205 g/mol. The van der Waals surface area contributed by atoms with Crippen LogP contribution in [0.2, 0.25) is 0 Å².